The molecule has 3 nitrogen and oxygen atoms in total. The first-order valence-electron chi connectivity index (χ1n) is 4.34. The molecule has 3 heteroatoms. The zero-order valence-electron chi connectivity index (χ0n) is 7.64. The Hall–Kier alpha value is -2.03. The number of nitrogens with zero attached hydrogens (tertiary/aromatic N) is 1. The number of benzene rings is 2. The van der Waals surface area contributed by atoms with E-state index in [1.165, 1.54) is 5.39 Å². The highest BCUT2D eigenvalue weighted by Gasteiger charge is 1.98. The molecule has 0 heterocycles. The molecule has 0 saturated carbocycles. The van der Waals surface area contributed by atoms with E-state index in [0.717, 1.165) is 10.9 Å². The lowest BCUT2D eigenvalue weighted by Gasteiger charge is -2.01. The van der Waals surface area contributed by atoms with Crippen LogP contribution in [0.1, 0.15) is 5.56 Å². The van der Waals surface area contributed by atoms with Gasteiger partial charge in [-0.15, -0.1) is 0 Å². The molecule has 0 spiro atoms. The molecule has 70 valence electrons. The molecule has 0 aliphatic carbocycles. The molecule has 0 unspecified atom stereocenters. The van der Waals surface area contributed by atoms with Crippen molar-refractivity contribution in [3.05, 3.63) is 48.0 Å². The number of hydrazone groups is 1. The first kappa shape index (κ1) is 8.56. The molecule has 2 rings (SSSR count). The van der Waals surface area contributed by atoms with Crippen LogP contribution in [0, 0.1) is 0 Å². The second kappa shape index (κ2) is 3.38. The van der Waals surface area contributed by atoms with Crippen molar-refractivity contribution in [2.24, 2.45) is 16.7 Å². The van der Waals surface area contributed by atoms with Gasteiger partial charge in [0.2, 0.25) is 0 Å². The summed E-state index contributed by atoms with van der Waals surface area (Å²) in [6.45, 7) is 0. The van der Waals surface area contributed by atoms with Gasteiger partial charge in [0.05, 0.1) is 0 Å². The van der Waals surface area contributed by atoms with Crippen molar-refractivity contribution < 1.29 is 0 Å². The van der Waals surface area contributed by atoms with Crippen molar-refractivity contribution in [2.75, 3.05) is 0 Å². The Labute approximate surface area is 82.0 Å². The van der Waals surface area contributed by atoms with E-state index in [9.17, 15) is 0 Å². The fourth-order valence-electron chi connectivity index (χ4n) is 1.42. The fraction of sp³-hybridized carbons (Fsp3) is 0. The summed E-state index contributed by atoms with van der Waals surface area (Å²) in [5.41, 5.74) is 6.46. The van der Waals surface area contributed by atoms with Crippen LogP contribution in [0.3, 0.4) is 0 Å². The smallest absolute Gasteiger partial charge is 0.150 e. The summed E-state index contributed by atoms with van der Waals surface area (Å²) in [5.74, 6) is 5.47. The van der Waals surface area contributed by atoms with Crippen molar-refractivity contribution in [3.8, 4) is 0 Å². The molecule has 0 aliphatic rings. The van der Waals surface area contributed by atoms with Gasteiger partial charge in [0.1, 0.15) is 5.84 Å². The number of fused-ring (bicyclic) bond motifs is 1. The van der Waals surface area contributed by atoms with Crippen LogP contribution in [0.2, 0.25) is 0 Å². The molecule has 14 heavy (non-hydrogen) atoms. The summed E-state index contributed by atoms with van der Waals surface area (Å²) in [7, 11) is 0. The number of hydrogen-bond acceptors (Lipinski definition) is 2. The molecule has 2 aromatic carbocycles. The largest absolute Gasteiger partial charge is 0.382 e. The van der Waals surface area contributed by atoms with Gasteiger partial charge in [-0.05, 0) is 16.8 Å². The summed E-state index contributed by atoms with van der Waals surface area (Å²) in [5, 5.41) is 5.78. The van der Waals surface area contributed by atoms with Gasteiger partial charge in [-0.1, -0.05) is 36.4 Å². The molecular weight excluding hydrogens is 174 g/mol. The Morgan fingerprint density at radius 1 is 1.00 bits per heavy atom. The zero-order chi connectivity index (χ0) is 9.97. The first-order valence-corrected chi connectivity index (χ1v) is 4.34. The molecule has 0 amide bonds. The molecule has 0 aliphatic heterocycles. The molecule has 0 atom stereocenters. The van der Waals surface area contributed by atoms with Crippen molar-refractivity contribution in [1.82, 2.24) is 0 Å². The third-order valence-electron chi connectivity index (χ3n) is 2.18. The Morgan fingerprint density at radius 2 is 1.71 bits per heavy atom. The Bertz CT molecular complexity index is 489. The highest BCUT2D eigenvalue weighted by atomic mass is 15.1. The minimum absolute atomic E-state index is 0.357. The molecule has 0 saturated heterocycles. The Morgan fingerprint density at radius 3 is 2.43 bits per heavy atom. The zero-order valence-corrected chi connectivity index (χ0v) is 7.64. The molecule has 4 N–H and O–H groups in total. The minimum Gasteiger partial charge on any atom is -0.382 e. The van der Waals surface area contributed by atoms with E-state index >= 15 is 0 Å². The average molecular weight is 185 g/mol. The SMILES string of the molecule is NN=C(N)c1ccc2ccccc2c1. The molecule has 0 fully saturated rings. The van der Waals surface area contributed by atoms with Gasteiger partial charge in [0.25, 0.3) is 0 Å². The van der Waals surface area contributed by atoms with Gasteiger partial charge < -0.3 is 11.6 Å². The number of hydrogen-bond donors (Lipinski definition) is 2. The van der Waals surface area contributed by atoms with Crippen LogP contribution in [0.5, 0.6) is 0 Å². The second-order valence-electron chi connectivity index (χ2n) is 3.08. The summed E-state index contributed by atoms with van der Waals surface area (Å²) >= 11 is 0. The fourth-order valence-corrected chi connectivity index (χ4v) is 1.42. The van der Waals surface area contributed by atoms with E-state index in [1.807, 2.05) is 36.4 Å². The first-order chi connectivity index (χ1) is 6.81. The van der Waals surface area contributed by atoms with Crippen LogP contribution < -0.4 is 11.6 Å². The maximum atomic E-state index is 5.61. The van der Waals surface area contributed by atoms with E-state index in [1.54, 1.807) is 0 Å². The topological polar surface area (TPSA) is 64.4 Å². The lowest BCUT2D eigenvalue weighted by atomic mass is 10.1. The number of nitrogens with two attached hydrogens (primary N) is 2. The maximum Gasteiger partial charge on any atom is 0.150 e. The third kappa shape index (κ3) is 1.40. The van der Waals surface area contributed by atoms with E-state index in [-0.39, 0.29) is 0 Å². The van der Waals surface area contributed by atoms with Crippen LogP contribution in [0.15, 0.2) is 47.6 Å². The lowest BCUT2D eigenvalue weighted by Crippen LogP contribution is -2.15. The number of amidine groups is 1. The van der Waals surface area contributed by atoms with E-state index in [0.29, 0.717) is 5.84 Å². The molecule has 2 aromatic rings. The quantitative estimate of drug-likeness (QED) is 0.305. The van der Waals surface area contributed by atoms with Crippen LogP contribution in [0.25, 0.3) is 10.8 Å². The van der Waals surface area contributed by atoms with Crippen LogP contribution >= 0.6 is 0 Å². The van der Waals surface area contributed by atoms with Crippen molar-refractivity contribution in [1.29, 1.82) is 0 Å². The van der Waals surface area contributed by atoms with Gasteiger partial charge in [0.15, 0.2) is 0 Å². The predicted octanol–water partition coefficient (Wildman–Crippen LogP) is 1.42. The highest BCUT2D eigenvalue weighted by Crippen LogP contribution is 2.15. The summed E-state index contributed by atoms with van der Waals surface area (Å²) in [6, 6.07) is 14.0. The molecule has 0 bridgehead atoms. The average Bonchev–Trinajstić information content (AvgIpc) is 2.27. The summed E-state index contributed by atoms with van der Waals surface area (Å²) < 4.78 is 0. The lowest BCUT2D eigenvalue weighted by molar-refractivity contribution is 1.23. The molecule has 0 aromatic heterocycles. The van der Waals surface area contributed by atoms with Crippen LogP contribution in [-0.2, 0) is 0 Å². The standard InChI is InChI=1S/C11H11N3/c12-11(14-13)10-6-5-8-3-1-2-4-9(8)7-10/h1-7H,13H2,(H2,12,14). The van der Waals surface area contributed by atoms with Gasteiger partial charge >= 0.3 is 0 Å². The predicted molar refractivity (Wildman–Crippen MR) is 58.9 cm³/mol. The van der Waals surface area contributed by atoms with Gasteiger partial charge in [-0.2, -0.15) is 5.10 Å². The Kier molecular flexibility index (Phi) is 2.07. The number of rotatable bonds is 1. The van der Waals surface area contributed by atoms with Gasteiger partial charge in [0, 0.05) is 5.56 Å². The highest BCUT2D eigenvalue weighted by molar-refractivity contribution is 6.00. The van der Waals surface area contributed by atoms with Gasteiger partial charge in [-0.3, -0.25) is 0 Å². The van der Waals surface area contributed by atoms with Crippen molar-refractivity contribution in [2.45, 2.75) is 0 Å². The normalized spacial score (nSPS) is 11.9. The van der Waals surface area contributed by atoms with Crippen molar-refractivity contribution >= 4 is 16.6 Å². The van der Waals surface area contributed by atoms with Gasteiger partial charge in [-0.25, -0.2) is 0 Å². The van der Waals surface area contributed by atoms with Crippen LogP contribution in [-0.4, -0.2) is 5.84 Å². The molecule has 0 radical (unpaired) electrons. The van der Waals surface area contributed by atoms with Crippen molar-refractivity contribution in [3.63, 3.8) is 0 Å². The van der Waals surface area contributed by atoms with E-state index in [2.05, 4.69) is 11.2 Å². The third-order valence-corrected chi connectivity index (χ3v) is 2.18. The summed E-state index contributed by atoms with van der Waals surface area (Å²) in [4.78, 5) is 0. The monoisotopic (exact) mass is 185 g/mol. The second-order valence-corrected chi connectivity index (χ2v) is 3.08. The summed E-state index contributed by atoms with van der Waals surface area (Å²) in [6.07, 6.45) is 0. The van der Waals surface area contributed by atoms with E-state index in [4.69, 9.17) is 11.6 Å². The van der Waals surface area contributed by atoms with E-state index < -0.39 is 0 Å². The Balaban J connectivity index is 2.62. The van der Waals surface area contributed by atoms with Crippen LogP contribution in [0.4, 0.5) is 0 Å². The maximum absolute atomic E-state index is 5.61. The minimum atomic E-state index is 0.357. The molecular formula is C11H11N3.